The molecule has 3 saturated heterocycles. The van der Waals surface area contributed by atoms with Crippen molar-refractivity contribution in [1.82, 2.24) is 19.3 Å². The first-order valence-electron chi connectivity index (χ1n) is 13.7. The van der Waals surface area contributed by atoms with Gasteiger partial charge in [-0.3, -0.25) is 14.6 Å². The molecule has 0 bridgehead atoms. The first-order chi connectivity index (χ1) is 19.6. The SMILES string of the molecule is O=C(Nc1ccc(N2CCN(C3COC3)CC2)c(OCCOC2CCCCO2)c1)Oc1nc(Br)cn2ccnc12. The molecule has 13 heteroatoms. The molecular weight excluding hydrogens is 584 g/mol. The first kappa shape index (κ1) is 27.2. The van der Waals surface area contributed by atoms with Crippen LogP contribution in [-0.4, -0.2) is 96.9 Å². The molecule has 0 spiro atoms. The van der Waals surface area contributed by atoms with Gasteiger partial charge in [-0.2, -0.15) is 0 Å². The molecule has 214 valence electrons. The Labute approximate surface area is 240 Å². The van der Waals surface area contributed by atoms with Gasteiger partial charge in [0.15, 0.2) is 6.29 Å². The highest BCUT2D eigenvalue weighted by Gasteiger charge is 2.29. The van der Waals surface area contributed by atoms with Crippen molar-refractivity contribution in [2.45, 2.75) is 31.6 Å². The molecule has 0 radical (unpaired) electrons. The molecule has 6 rings (SSSR count). The van der Waals surface area contributed by atoms with E-state index in [4.69, 9.17) is 23.7 Å². The summed E-state index contributed by atoms with van der Waals surface area (Å²) in [6, 6.07) is 6.17. The molecule has 3 aromatic rings. The van der Waals surface area contributed by atoms with Crippen LogP contribution in [0.4, 0.5) is 16.2 Å². The Morgan fingerprint density at radius 3 is 2.80 bits per heavy atom. The number of amides is 1. The van der Waals surface area contributed by atoms with E-state index in [-0.39, 0.29) is 12.2 Å². The lowest BCUT2D eigenvalue weighted by Crippen LogP contribution is -2.56. The molecule has 1 N–H and O–H groups in total. The van der Waals surface area contributed by atoms with Crippen molar-refractivity contribution in [3.63, 3.8) is 0 Å². The number of ether oxygens (including phenoxy) is 5. The Bertz CT molecular complexity index is 1310. The van der Waals surface area contributed by atoms with Gasteiger partial charge in [0.1, 0.15) is 17.0 Å². The van der Waals surface area contributed by atoms with Crippen molar-refractivity contribution in [2.24, 2.45) is 0 Å². The third-order valence-electron chi connectivity index (χ3n) is 7.28. The van der Waals surface area contributed by atoms with Crippen LogP contribution in [0.5, 0.6) is 11.6 Å². The van der Waals surface area contributed by atoms with Crippen LogP contribution >= 0.6 is 15.9 Å². The van der Waals surface area contributed by atoms with Gasteiger partial charge in [0.2, 0.25) is 5.65 Å². The Kier molecular flexibility index (Phi) is 8.63. The van der Waals surface area contributed by atoms with Gasteiger partial charge >= 0.3 is 6.09 Å². The highest BCUT2D eigenvalue weighted by molar-refractivity contribution is 9.10. The molecule has 0 aliphatic carbocycles. The molecule has 5 heterocycles. The predicted octanol–water partition coefficient (Wildman–Crippen LogP) is 3.55. The zero-order valence-corrected chi connectivity index (χ0v) is 23.8. The fourth-order valence-electron chi connectivity index (χ4n) is 5.08. The van der Waals surface area contributed by atoms with E-state index >= 15 is 0 Å². The number of nitrogens with one attached hydrogen (secondary N) is 1. The molecule has 1 aromatic carbocycles. The second kappa shape index (κ2) is 12.7. The lowest BCUT2D eigenvalue weighted by Gasteiger charge is -2.43. The lowest BCUT2D eigenvalue weighted by molar-refractivity contribution is -0.165. The fraction of sp³-hybridized carbons (Fsp3) is 0.519. The molecular formula is C27H33BrN6O6. The second-order valence-corrected chi connectivity index (χ2v) is 10.8. The Morgan fingerprint density at radius 1 is 1.15 bits per heavy atom. The number of carbonyl (C=O) groups is 1. The second-order valence-electron chi connectivity index (χ2n) is 9.95. The highest BCUT2D eigenvalue weighted by atomic mass is 79.9. The van der Waals surface area contributed by atoms with E-state index in [9.17, 15) is 4.79 Å². The van der Waals surface area contributed by atoms with Gasteiger partial charge in [0.05, 0.1) is 31.5 Å². The maximum Gasteiger partial charge on any atom is 0.418 e. The van der Waals surface area contributed by atoms with Crippen LogP contribution in [0.3, 0.4) is 0 Å². The minimum Gasteiger partial charge on any atom is -0.489 e. The summed E-state index contributed by atoms with van der Waals surface area (Å²) in [4.78, 5) is 26.1. The van der Waals surface area contributed by atoms with Gasteiger partial charge in [-0.05, 0) is 47.3 Å². The van der Waals surface area contributed by atoms with E-state index < -0.39 is 6.09 Å². The van der Waals surface area contributed by atoms with Crippen LogP contribution in [0.25, 0.3) is 5.65 Å². The van der Waals surface area contributed by atoms with Crippen LogP contribution in [0.15, 0.2) is 41.4 Å². The molecule has 2 aromatic heterocycles. The molecule has 0 saturated carbocycles. The zero-order valence-electron chi connectivity index (χ0n) is 22.2. The number of imidazole rings is 1. The quantitative estimate of drug-likeness (QED) is 0.358. The zero-order chi connectivity index (χ0) is 27.3. The molecule has 3 fully saturated rings. The standard InChI is InChI=1S/C27H33BrN6O6/c28-23-16-34-7-6-29-25(34)26(31-23)40-27(35)30-19-4-5-21(33-10-8-32(9-11-33)20-17-36-18-20)22(15-19)37-13-14-39-24-3-1-2-12-38-24/h4-7,15-16,20,24H,1-3,8-14,17-18H2,(H,30,35). The Morgan fingerprint density at radius 2 is 2.02 bits per heavy atom. The summed E-state index contributed by atoms with van der Waals surface area (Å²) in [5, 5.41) is 2.79. The summed E-state index contributed by atoms with van der Waals surface area (Å²) in [6.45, 7) is 6.82. The number of hydrogen-bond donors (Lipinski definition) is 1. The third-order valence-corrected chi connectivity index (χ3v) is 7.67. The van der Waals surface area contributed by atoms with Crippen LogP contribution in [-0.2, 0) is 14.2 Å². The maximum absolute atomic E-state index is 12.8. The normalized spacial score (nSPS) is 20.3. The molecule has 3 aliphatic rings. The van der Waals surface area contributed by atoms with E-state index in [2.05, 4.69) is 41.0 Å². The van der Waals surface area contributed by atoms with E-state index in [1.54, 1.807) is 23.0 Å². The van der Waals surface area contributed by atoms with E-state index in [0.29, 0.717) is 40.9 Å². The summed E-state index contributed by atoms with van der Waals surface area (Å²) >= 11 is 3.33. The number of piperazine rings is 1. The molecule has 1 atom stereocenters. The van der Waals surface area contributed by atoms with Crippen molar-refractivity contribution >= 4 is 39.0 Å². The average molecular weight is 618 g/mol. The minimum atomic E-state index is -0.677. The van der Waals surface area contributed by atoms with Crippen molar-refractivity contribution in [3.8, 4) is 11.6 Å². The first-order valence-corrected chi connectivity index (χ1v) is 14.5. The molecule has 1 unspecified atom stereocenters. The smallest absolute Gasteiger partial charge is 0.418 e. The average Bonchev–Trinajstić information content (AvgIpc) is 3.40. The number of carbonyl (C=O) groups excluding carboxylic acids is 1. The minimum absolute atomic E-state index is 0.0989. The summed E-state index contributed by atoms with van der Waals surface area (Å²) in [7, 11) is 0. The summed E-state index contributed by atoms with van der Waals surface area (Å²) < 4.78 is 30.8. The third kappa shape index (κ3) is 6.50. The summed E-state index contributed by atoms with van der Waals surface area (Å²) in [5.74, 6) is 0.768. The number of nitrogens with zero attached hydrogens (tertiary/aromatic N) is 5. The maximum atomic E-state index is 12.8. The number of halogens is 1. The van der Waals surface area contributed by atoms with Gasteiger partial charge in [0, 0.05) is 63.1 Å². The monoisotopic (exact) mass is 616 g/mol. The molecule has 12 nitrogen and oxygen atoms in total. The number of fused-ring (bicyclic) bond motifs is 1. The van der Waals surface area contributed by atoms with Crippen molar-refractivity contribution in [2.75, 3.05) is 69.4 Å². The Hall–Kier alpha value is -2.97. The van der Waals surface area contributed by atoms with E-state index in [1.165, 1.54) is 0 Å². The topological polar surface area (TPSA) is 112 Å². The van der Waals surface area contributed by atoms with Gasteiger partial charge in [-0.15, -0.1) is 0 Å². The van der Waals surface area contributed by atoms with Crippen molar-refractivity contribution in [1.29, 1.82) is 0 Å². The van der Waals surface area contributed by atoms with E-state index in [0.717, 1.165) is 70.9 Å². The van der Waals surface area contributed by atoms with Crippen LogP contribution in [0.1, 0.15) is 19.3 Å². The lowest BCUT2D eigenvalue weighted by atomic mass is 10.1. The molecule has 3 aliphatic heterocycles. The van der Waals surface area contributed by atoms with Gasteiger partial charge in [-0.25, -0.2) is 14.8 Å². The highest BCUT2D eigenvalue weighted by Crippen LogP contribution is 2.33. The number of benzene rings is 1. The molecule has 1 amide bonds. The fourth-order valence-corrected chi connectivity index (χ4v) is 5.46. The Balaban J connectivity index is 1.12. The largest absolute Gasteiger partial charge is 0.489 e. The van der Waals surface area contributed by atoms with E-state index in [1.807, 2.05) is 18.2 Å². The van der Waals surface area contributed by atoms with Gasteiger partial charge in [0.25, 0.3) is 5.88 Å². The summed E-state index contributed by atoms with van der Waals surface area (Å²) in [5.41, 5.74) is 1.96. The predicted molar refractivity (Wildman–Crippen MR) is 150 cm³/mol. The number of aromatic nitrogens is 3. The van der Waals surface area contributed by atoms with Crippen LogP contribution in [0.2, 0.25) is 0 Å². The van der Waals surface area contributed by atoms with Crippen molar-refractivity contribution < 1.29 is 28.5 Å². The summed E-state index contributed by atoms with van der Waals surface area (Å²) in [6.07, 6.45) is 7.34. The van der Waals surface area contributed by atoms with Gasteiger partial charge < -0.3 is 28.6 Å². The van der Waals surface area contributed by atoms with Crippen molar-refractivity contribution in [3.05, 3.63) is 41.4 Å². The van der Waals surface area contributed by atoms with Crippen LogP contribution < -0.4 is 19.7 Å². The van der Waals surface area contributed by atoms with Gasteiger partial charge in [-0.1, -0.05) is 0 Å². The number of hydrogen-bond acceptors (Lipinski definition) is 10. The molecule has 40 heavy (non-hydrogen) atoms. The van der Waals surface area contributed by atoms with Crippen LogP contribution in [0, 0.1) is 0 Å². The number of rotatable bonds is 9. The number of anilines is 2.